The average Bonchev–Trinajstić information content (AvgIpc) is 3.14. The molecule has 4 aromatic rings. The Morgan fingerprint density at radius 3 is 1.71 bits per heavy atom. The van der Waals surface area contributed by atoms with Crippen LogP contribution in [-0.2, 0) is 19.1 Å². The first-order valence-electron chi connectivity index (χ1n) is 12.1. The third kappa shape index (κ3) is 2.61. The zero-order valence-electron chi connectivity index (χ0n) is 19.2. The highest BCUT2D eigenvalue weighted by molar-refractivity contribution is 6.10. The summed E-state index contributed by atoms with van der Waals surface area (Å²) in [5.41, 5.74) is 4.54. The van der Waals surface area contributed by atoms with Crippen LogP contribution in [-0.4, -0.2) is 35.8 Å². The van der Waals surface area contributed by atoms with E-state index in [0.29, 0.717) is 0 Å². The number of nitrogens with zero attached hydrogens (tertiary/aromatic N) is 1. The summed E-state index contributed by atoms with van der Waals surface area (Å²) >= 11 is 0. The van der Waals surface area contributed by atoms with E-state index >= 15 is 0 Å². The molecule has 8 rings (SSSR count). The number of ether oxygens (including phenoxy) is 1. The van der Waals surface area contributed by atoms with Crippen molar-refractivity contribution in [1.82, 2.24) is 4.90 Å². The van der Waals surface area contributed by atoms with Crippen LogP contribution >= 0.6 is 0 Å². The van der Waals surface area contributed by atoms with Gasteiger partial charge in [-0.25, -0.2) is 0 Å². The summed E-state index contributed by atoms with van der Waals surface area (Å²) in [7, 11) is 0. The average molecular weight is 462 g/mol. The summed E-state index contributed by atoms with van der Waals surface area (Å²) < 4.78 is 5.08. The summed E-state index contributed by atoms with van der Waals surface area (Å²) in [6, 6.07) is 25.0. The third-order valence-corrected chi connectivity index (χ3v) is 8.10. The Morgan fingerprint density at radius 2 is 1.23 bits per heavy atom. The number of carbonyl (C=O) groups is 3. The normalized spacial score (nSPS) is 24.0. The molecule has 0 N–H and O–H groups in total. The van der Waals surface area contributed by atoms with Gasteiger partial charge < -0.3 is 4.74 Å². The fourth-order valence-corrected chi connectivity index (χ4v) is 6.89. The molecule has 0 unspecified atom stereocenters. The lowest BCUT2D eigenvalue weighted by Crippen LogP contribution is -2.41. The molecule has 4 atom stereocenters. The van der Waals surface area contributed by atoms with Crippen LogP contribution in [0.5, 0.6) is 0 Å². The maximum atomic E-state index is 13.8. The molecule has 0 saturated carbocycles. The van der Waals surface area contributed by atoms with Crippen LogP contribution in [0.3, 0.4) is 0 Å². The Labute approximate surface area is 202 Å². The van der Waals surface area contributed by atoms with Crippen molar-refractivity contribution in [1.29, 1.82) is 0 Å². The minimum absolute atomic E-state index is 0.210. The molecule has 2 bridgehead atoms. The van der Waals surface area contributed by atoms with Crippen molar-refractivity contribution in [3.63, 3.8) is 0 Å². The van der Waals surface area contributed by atoms with Crippen LogP contribution in [0.1, 0.15) is 41.0 Å². The maximum absolute atomic E-state index is 13.8. The smallest absolute Gasteiger partial charge is 0.326 e. The van der Waals surface area contributed by atoms with E-state index in [1.165, 1.54) is 0 Å². The van der Waals surface area contributed by atoms with E-state index in [4.69, 9.17) is 4.74 Å². The first-order chi connectivity index (χ1) is 17.1. The molecule has 1 saturated heterocycles. The maximum Gasteiger partial charge on any atom is 0.326 e. The molecule has 3 aliphatic carbocycles. The third-order valence-electron chi connectivity index (χ3n) is 8.10. The fourth-order valence-electron chi connectivity index (χ4n) is 6.89. The molecule has 5 nitrogen and oxygen atoms in total. The van der Waals surface area contributed by atoms with Gasteiger partial charge in [-0.1, -0.05) is 72.8 Å². The van der Waals surface area contributed by atoms with Gasteiger partial charge in [-0.05, 0) is 50.7 Å². The summed E-state index contributed by atoms with van der Waals surface area (Å²) in [5.74, 6) is -2.60. The van der Waals surface area contributed by atoms with Gasteiger partial charge in [-0.15, -0.1) is 0 Å². The zero-order valence-corrected chi connectivity index (χ0v) is 19.2. The van der Waals surface area contributed by atoms with Gasteiger partial charge in [0.2, 0.25) is 11.8 Å². The summed E-state index contributed by atoms with van der Waals surface area (Å²) in [6.45, 7) is 1.60. The molecule has 0 aromatic heterocycles. The minimum atomic E-state index is -0.550. The number of hydrogen-bond acceptors (Lipinski definition) is 4. The minimum Gasteiger partial charge on any atom is -0.465 e. The Morgan fingerprint density at radius 1 is 0.743 bits per heavy atom. The second kappa shape index (κ2) is 7.25. The molecule has 5 heteroatoms. The molecular weight excluding hydrogens is 438 g/mol. The van der Waals surface area contributed by atoms with Gasteiger partial charge in [-0.3, -0.25) is 19.3 Å². The van der Waals surface area contributed by atoms with Crippen LogP contribution < -0.4 is 0 Å². The number of amides is 2. The lowest BCUT2D eigenvalue weighted by atomic mass is 9.53. The number of esters is 1. The Balaban J connectivity index is 1.50. The summed E-state index contributed by atoms with van der Waals surface area (Å²) in [4.78, 5) is 41.0. The molecular formula is C30H23NO4. The molecule has 1 fully saturated rings. The predicted octanol–water partition coefficient (Wildman–Crippen LogP) is 4.75. The summed E-state index contributed by atoms with van der Waals surface area (Å²) in [6.07, 6.45) is 0. The number of rotatable bonds is 3. The SMILES string of the molecule is CCOC(=O)CN1C(=O)[C@@H]2[C@@H]3c4ccc5ccccc5c4[C@H](c4ccc5ccccc5c43)[C@@H]2C1=O. The summed E-state index contributed by atoms with van der Waals surface area (Å²) in [5, 5.41) is 4.50. The van der Waals surface area contributed by atoms with Crippen LogP contribution in [0.25, 0.3) is 21.5 Å². The van der Waals surface area contributed by atoms with Crippen molar-refractivity contribution in [2.75, 3.05) is 13.2 Å². The van der Waals surface area contributed by atoms with Crippen molar-refractivity contribution in [3.05, 3.63) is 95.1 Å². The van der Waals surface area contributed by atoms with Crippen LogP contribution in [0, 0.1) is 11.8 Å². The standard InChI is InChI=1S/C30H23NO4/c1-2-35-22(32)15-31-29(33)27-25-21-14-12-17-8-4-6-10-19(17)24(21)26(28(27)30(31)34)20-13-11-16-7-3-5-9-18(16)23(20)25/h3-14,25-28H,2,15H2,1H3/t25-,26+,27-,28+. The molecule has 1 heterocycles. The molecule has 172 valence electrons. The van der Waals surface area contributed by atoms with E-state index in [9.17, 15) is 14.4 Å². The number of carbonyl (C=O) groups excluding carboxylic acids is 3. The van der Waals surface area contributed by atoms with Crippen molar-refractivity contribution in [2.45, 2.75) is 18.8 Å². The van der Waals surface area contributed by atoms with Crippen molar-refractivity contribution >= 4 is 39.3 Å². The Hall–Kier alpha value is -3.99. The van der Waals surface area contributed by atoms with E-state index in [1.807, 2.05) is 24.3 Å². The Kier molecular flexibility index (Phi) is 4.23. The highest BCUT2D eigenvalue weighted by Gasteiger charge is 2.62. The molecule has 0 radical (unpaired) electrons. The number of hydrogen-bond donors (Lipinski definition) is 0. The van der Waals surface area contributed by atoms with Crippen molar-refractivity contribution in [2.24, 2.45) is 11.8 Å². The van der Waals surface area contributed by atoms with Gasteiger partial charge >= 0.3 is 5.97 Å². The number of imide groups is 1. The van der Waals surface area contributed by atoms with Crippen LogP contribution in [0.4, 0.5) is 0 Å². The quantitative estimate of drug-likeness (QED) is 0.326. The van der Waals surface area contributed by atoms with Gasteiger partial charge in [0.25, 0.3) is 0 Å². The number of fused-ring (bicyclic) bond motifs is 2. The van der Waals surface area contributed by atoms with Gasteiger partial charge in [0.15, 0.2) is 0 Å². The highest BCUT2D eigenvalue weighted by atomic mass is 16.5. The second-order valence-electron chi connectivity index (χ2n) is 9.65. The lowest BCUT2D eigenvalue weighted by Gasteiger charge is -2.47. The number of benzene rings is 4. The van der Waals surface area contributed by atoms with E-state index in [-0.39, 0.29) is 36.8 Å². The van der Waals surface area contributed by atoms with Gasteiger partial charge in [-0.2, -0.15) is 0 Å². The molecule has 2 amide bonds. The first-order valence-corrected chi connectivity index (χ1v) is 12.1. The molecule has 1 aliphatic heterocycles. The van der Waals surface area contributed by atoms with E-state index < -0.39 is 17.8 Å². The topological polar surface area (TPSA) is 63.7 Å². The largest absolute Gasteiger partial charge is 0.465 e. The van der Waals surface area contributed by atoms with Gasteiger partial charge in [0, 0.05) is 11.8 Å². The monoisotopic (exact) mass is 461 g/mol. The second-order valence-corrected chi connectivity index (χ2v) is 9.65. The molecule has 4 aromatic carbocycles. The van der Waals surface area contributed by atoms with Crippen LogP contribution in [0.2, 0.25) is 0 Å². The fraction of sp³-hybridized carbons (Fsp3) is 0.233. The lowest BCUT2D eigenvalue weighted by molar-refractivity contribution is -0.152. The predicted molar refractivity (Wildman–Crippen MR) is 132 cm³/mol. The zero-order chi connectivity index (χ0) is 23.8. The van der Waals surface area contributed by atoms with Crippen molar-refractivity contribution < 1.29 is 19.1 Å². The highest BCUT2D eigenvalue weighted by Crippen LogP contribution is 2.63. The van der Waals surface area contributed by atoms with Gasteiger partial charge in [0.1, 0.15) is 6.54 Å². The molecule has 0 spiro atoms. The molecule has 35 heavy (non-hydrogen) atoms. The van der Waals surface area contributed by atoms with Crippen molar-refractivity contribution in [3.8, 4) is 0 Å². The van der Waals surface area contributed by atoms with E-state index in [0.717, 1.165) is 48.7 Å². The first kappa shape index (κ1) is 20.4. The van der Waals surface area contributed by atoms with Crippen LogP contribution in [0.15, 0.2) is 72.8 Å². The number of likely N-dealkylation sites (tertiary alicyclic amines) is 1. The Bertz CT molecular complexity index is 1480. The van der Waals surface area contributed by atoms with E-state index in [2.05, 4.69) is 48.5 Å². The molecule has 4 aliphatic rings. The van der Waals surface area contributed by atoms with Gasteiger partial charge in [0.05, 0.1) is 18.4 Å². The van der Waals surface area contributed by atoms with E-state index in [1.54, 1.807) is 6.92 Å².